The van der Waals surface area contributed by atoms with Crippen molar-refractivity contribution in [2.75, 3.05) is 19.7 Å². The zero-order chi connectivity index (χ0) is 18.7. The molecule has 3 rings (SSSR count). The first-order chi connectivity index (χ1) is 12.4. The highest BCUT2D eigenvalue weighted by molar-refractivity contribution is 7.89. The van der Waals surface area contributed by atoms with Crippen LogP contribution in [0, 0.1) is 25.7 Å². The fourth-order valence-electron chi connectivity index (χ4n) is 3.98. The van der Waals surface area contributed by atoms with E-state index in [1.54, 1.807) is 13.8 Å². The number of nitrogens with zero attached hydrogens (tertiary/aromatic N) is 2. The first kappa shape index (κ1) is 19.4. The van der Waals surface area contributed by atoms with E-state index in [9.17, 15) is 13.2 Å². The number of rotatable bonds is 5. The van der Waals surface area contributed by atoms with E-state index in [1.165, 1.54) is 23.6 Å². The molecule has 8 heteroatoms. The Morgan fingerprint density at radius 1 is 1.15 bits per heavy atom. The van der Waals surface area contributed by atoms with Gasteiger partial charge in [-0.25, -0.2) is 8.42 Å². The zero-order valence-electron chi connectivity index (χ0n) is 15.6. The summed E-state index contributed by atoms with van der Waals surface area (Å²) in [7, 11) is -3.63. The van der Waals surface area contributed by atoms with Gasteiger partial charge in [-0.05, 0) is 45.4 Å². The Bertz CT molecular complexity index is 709. The van der Waals surface area contributed by atoms with Gasteiger partial charge in [0.15, 0.2) is 5.76 Å². The number of piperidine rings is 1. The average molecular weight is 384 g/mol. The Balaban J connectivity index is 1.53. The molecule has 7 nitrogen and oxygen atoms in total. The summed E-state index contributed by atoms with van der Waals surface area (Å²) in [6.07, 6.45) is 6.99. The molecule has 1 saturated carbocycles. The molecule has 0 bridgehead atoms. The monoisotopic (exact) mass is 384 g/mol. The third-order valence-electron chi connectivity index (χ3n) is 5.54. The van der Waals surface area contributed by atoms with Gasteiger partial charge in [0, 0.05) is 13.1 Å². The minimum atomic E-state index is -3.63. The number of aryl methyl sites for hydroxylation is 2. The van der Waals surface area contributed by atoms with E-state index in [4.69, 9.17) is 9.26 Å². The van der Waals surface area contributed by atoms with Crippen LogP contribution in [0.25, 0.3) is 0 Å². The van der Waals surface area contributed by atoms with Gasteiger partial charge in [-0.3, -0.25) is 4.79 Å². The van der Waals surface area contributed by atoms with Crippen LogP contribution >= 0.6 is 0 Å². The Morgan fingerprint density at radius 2 is 1.81 bits per heavy atom. The van der Waals surface area contributed by atoms with E-state index in [1.807, 2.05) is 0 Å². The van der Waals surface area contributed by atoms with Gasteiger partial charge in [-0.1, -0.05) is 24.4 Å². The van der Waals surface area contributed by atoms with Gasteiger partial charge in [0.05, 0.1) is 12.5 Å². The quantitative estimate of drug-likeness (QED) is 0.725. The highest BCUT2D eigenvalue weighted by Gasteiger charge is 2.36. The minimum Gasteiger partial charge on any atom is -0.465 e. The molecule has 1 aromatic rings. The maximum absolute atomic E-state index is 12.8. The number of carbonyl (C=O) groups is 1. The smallest absolute Gasteiger partial charge is 0.309 e. The fourth-order valence-corrected chi connectivity index (χ4v) is 5.74. The average Bonchev–Trinajstić information content (AvgIpc) is 2.99. The van der Waals surface area contributed by atoms with Crippen LogP contribution in [0.1, 0.15) is 56.4 Å². The summed E-state index contributed by atoms with van der Waals surface area (Å²) in [4.78, 5) is 12.5. The Morgan fingerprint density at radius 3 is 2.38 bits per heavy atom. The van der Waals surface area contributed by atoms with E-state index >= 15 is 0 Å². The van der Waals surface area contributed by atoms with E-state index < -0.39 is 10.0 Å². The van der Waals surface area contributed by atoms with Crippen LogP contribution in [-0.2, 0) is 19.6 Å². The standard InChI is InChI=1S/C18H28N2O5S/c1-13-17(14(2)25-19-13)26(22,23)20-10-8-16(9-11-20)18(21)24-12-15-6-4-3-5-7-15/h15-16H,3-12H2,1-2H3. The minimum absolute atomic E-state index is 0.149. The fraction of sp³-hybridized carbons (Fsp3) is 0.778. The van der Waals surface area contributed by atoms with Crippen LogP contribution < -0.4 is 0 Å². The van der Waals surface area contributed by atoms with Crippen molar-refractivity contribution in [3.63, 3.8) is 0 Å². The number of esters is 1. The summed E-state index contributed by atoms with van der Waals surface area (Å²) in [5, 5.41) is 3.73. The van der Waals surface area contributed by atoms with Gasteiger partial charge in [0.25, 0.3) is 0 Å². The van der Waals surface area contributed by atoms with E-state index in [0.717, 1.165) is 12.8 Å². The van der Waals surface area contributed by atoms with Gasteiger partial charge >= 0.3 is 5.97 Å². The van der Waals surface area contributed by atoms with Crippen molar-refractivity contribution in [3.8, 4) is 0 Å². The first-order valence-corrected chi connectivity index (χ1v) is 10.9. The van der Waals surface area contributed by atoms with Crippen molar-refractivity contribution in [3.05, 3.63) is 11.5 Å². The van der Waals surface area contributed by atoms with E-state index in [-0.39, 0.29) is 16.8 Å². The molecule has 0 N–H and O–H groups in total. The van der Waals surface area contributed by atoms with Crippen molar-refractivity contribution in [2.24, 2.45) is 11.8 Å². The van der Waals surface area contributed by atoms with Crippen LogP contribution in [0.3, 0.4) is 0 Å². The van der Waals surface area contributed by atoms with Crippen LogP contribution in [0.2, 0.25) is 0 Å². The molecule has 26 heavy (non-hydrogen) atoms. The lowest BCUT2D eigenvalue weighted by molar-refractivity contribution is -0.151. The summed E-state index contributed by atoms with van der Waals surface area (Å²) in [5.41, 5.74) is 0.372. The summed E-state index contributed by atoms with van der Waals surface area (Å²) in [5.74, 6) is 0.406. The molecule has 1 saturated heterocycles. The van der Waals surface area contributed by atoms with Crippen molar-refractivity contribution in [1.82, 2.24) is 9.46 Å². The number of carbonyl (C=O) groups excluding carboxylic acids is 1. The normalized spacial score (nSPS) is 21.0. The second-order valence-electron chi connectivity index (χ2n) is 7.47. The van der Waals surface area contributed by atoms with Crippen LogP contribution in [-0.4, -0.2) is 43.5 Å². The Hall–Kier alpha value is -1.41. The predicted octanol–water partition coefficient (Wildman–Crippen LogP) is 2.82. The highest BCUT2D eigenvalue weighted by Crippen LogP contribution is 2.29. The molecule has 1 aromatic heterocycles. The zero-order valence-corrected chi connectivity index (χ0v) is 16.4. The van der Waals surface area contributed by atoms with Crippen LogP contribution in [0.5, 0.6) is 0 Å². The van der Waals surface area contributed by atoms with Gasteiger partial charge < -0.3 is 9.26 Å². The lowest BCUT2D eigenvalue weighted by Crippen LogP contribution is -2.41. The van der Waals surface area contributed by atoms with Gasteiger partial charge in [-0.15, -0.1) is 0 Å². The number of hydrogen-bond donors (Lipinski definition) is 0. The van der Waals surface area contributed by atoms with E-state index in [0.29, 0.717) is 49.9 Å². The number of sulfonamides is 1. The van der Waals surface area contributed by atoms with Crippen LogP contribution in [0.4, 0.5) is 0 Å². The molecule has 0 spiro atoms. The molecule has 0 aromatic carbocycles. The number of ether oxygens (including phenoxy) is 1. The predicted molar refractivity (Wildman–Crippen MR) is 95.0 cm³/mol. The maximum Gasteiger partial charge on any atom is 0.309 e. The summed E-state index contributed by atoms with van der Waals surface area (Å²) < 4.78 is 37.5. The molecule has 1 aliphatic carbocycles. The SMILES string of the molecule is Cc1noc(C)c1S(=O)(=O)N1CCC(C(=O)OCC2CCCCC2)CC1. The van der Waals surface area contributed by atoms with Crippen molar-refractivity contribution >= 4 is 16.0 Å². The van der Waals surface area contributed by atoms with Gasteiger partial charge in [0.1, 0.15) is 10.6 Å². The summed E-state index contributed by atoms with van der Waals surface area (Å²) in [6, 6.07) is 0. The molecular weight excluding hydrogens is 356 g/mol. The lowest BCUT2D eigenvalue weighted by atomic mass is 9.90. The lowest BCUT2D eigenvalue weighted by Gasteiger charge is -2.30. The second kappa shape index (κ2) is 8.08. The van der Waals surface area contributed by atoms with Crippen molar-refractivity contribution < 1.29 is 22.5 Å². The van der Waals surface area contributed by atoms with Gasteiger partial charge in [0.2, 0.25) is 10.0 Å². The molecule has 2 fully saturated rings. The molecule has 1 aliphatic heterocycles. The molecule has 2 aliphatic rings. The highest BCUT2D eigenvalue weighted by atomic mass is 32.2. The molecule has 0 atom stereocenters. The summed E-state index contributed by atoms with van der Waals surface area (Å²) in [6.45, 7) is 4.36. The molecule has 2 heterocycles. The Kier molecular flexibility index (Phi) is 6.02. The summed E-state index contributed by atoms with van der Waals surface area (Å²) >= 11 is 0. The first-order valence-electron chi connectivity index (χ1n) is 9.49. The van der Waals surface area contributed by atoms with Crippen molar-refractivity contribution in [1.29, 1.82) is 0 Å². The largest absolute Gasteiger partial charge is 0.465 e. The third-order valence-corrected chi connectivity index (χ3v) is 7.68. The van der Waals surface area contributed by atoms with E-state index in [2.05, 4.69) is 5.16 Å². The molecular formula is C18H28N2O5S. The Labute approximate surface area is 155 Å². The number of aromatic nitrogens is 1. The van der Waals surface area contributed by atoms with Gasteiger partial charge in [-0.2, -0.15) is 4.31 Å². The molecule has 0 amide bonds. The topological polar surface area (TPSA) is 89.7 Å². The molecule has 0 radical (unpaired) electrons. The number of hydrogen-bond acceptors (Lipinski definition) is 6. The maximum atomic E-state index is 12.8. The second-order valence-corrected chi connectivity index (χ2v) is 9.34. The van der Waals surface area contributed by atoms with Crippen LogP contribution in [0.15, 0.2) is 9.42 Å². The molecule has 146 valence electrons. The van der Waals surface area contributed by atoms with Crippen molar-refractivity contribution in [2.45, 2.75) is 63.7 Å². The molecule has 0 unspecified atom stereocenters. The third kappa shape index (κ3) is 4.11.